The fraction of sp³-hybridized carbons (Fsp3) is 0.0833. The van der Waals surface area contributed by atoms with Crippen LogP contribution in [0.15, 0.2) is 70.7 Å². The predicted molar refractivity (Wildman–Crippen MR) is 128 cm³/mol. The first-order chi connectivity index (χ1) is 14.9. The summed E-state index contributed by atoms with van der Waals surface area (Å²) in [6, 6.07) is 19.8. The molecular formula is C24H17BrCl2N2O2. The van der Waals surface area contributed by atoms with Crippen LogP contribution in [0.5, 0.6) is 5.75 Å². The van der Waals surface area contributed by atoms with Crippen LogP contribution in [0.2, 0.25) is 10.0 Å². The van der Waals surface area contributed by atoms with Gasteiger partial charge in [0.15, 0.2) is 0 Å². The molecule has 0 radical (unpaired) electrons. The summed E-state index contributed by atoms with van der Waals surface area (Å²) in [7, 11) is 0. The van der Waals surface area contributed by atoms with E-state index >= 15 is 0 Å². The van der Waals surface area contributed by atoms with Crippen molar-refractivity contribution in [3.63, 3.8) is 0 Å². The van der Waals surface area contributed by atoms with Gasteiger partial charge in [0.1, 0.15) is 24.0 Å². The molecule has 0 saturated heterocycles. The third-order valence-corrected chi connectivity index (χ3v) is 5.82. The molecule has 0 atom stereocenters. The van der Waals surface area contributed by atoms with Crippen LogP contribution in [0.1, 0.15) is 16.7 Å². The molecule has 0 saturated carbocycles. The number of halogens is 3. The number of nitrogens with zero attached hydrogens (tertiary/aromatic N) is 1. The molecule has 156 valence electrons. The van der Waals surface area contributed by atoms with E-state index in [1.165, 1.54) is 6.08 Å². The maximum atomic E-state index is 12.6. The third-order valence-electron chi connectivity index (χ3n) is 4.41. The average Bonchev–Trinajstić information content (AvgIpc) is 2.75. The first-order valence-corrected chi connectivity index (χ1v) is 10.8. The van der Waals surface area contributed by atoms with E-state index in [4.69, 9.17) is 27.9 Å². The summed E-state index contributed by atoms with van der Waals surface area (Å²) in [4.78, 5) is 12.6. The molecule has 31 heavy (non-hydrogen) atoms. The normalized spacial score (nSPS) is 11.0. The minimum atomic E-state index is -0.556. The van der Waals surface area contributed by atoms with Crippen LogP contribution < -0.4 is 10.1 Å². The number of nitriles is 1. The summed E-state index contributed by atoms with van der Waals surface area (Å²) in [5.41, 5.74) is 2.78. The molecule has 3 aromatic rings. The van der Waals surface area contributed by atoms with Gasteiger partial charge in [-0.25, -0.2) is 0 Å². The molecule has 0 aliphatic heterocycles. The SMILES string of the molecule is Cc1ccc(NC(=O)/C(C#N)=C/c2cc(Cl)ccc2OCc2ccccc2Br)cc1Cl. The number of anilines is 1. The van der Waals surface area contributed by atoms with Crippen LogP contribution in [0.25, 0.3) is 6.08 Å². The fourth-order valence-electron chi connectivity index (χ4n) is 2.71. The summed E-state index contributed by atoms with van der Waals surface area (Å²) in [5, 5.41) is 13.2. The average molecular weight is 516 g/mol. The van der Waals surface area contributed by atoms with Gasteiger partial charge in [0, 0.05) is 31.3 Å². The second-order valence-electron chi connectivity index (χ2n) is 6.65. The van der Waals surface area contributed by atoms with E-state index in [9.17, 15) is 10.1 Å². The van der Waals surface area contributed by atoms with Gasteiger partial charge in [0.05, 0.1) is 0 Å². The van der Waals surface area contributed by atoms with Crippen LogP contribution in [0.4, 0.5) is 5.69 Å². The van der Waals surface area contributed by atoms with Crippen molar-refractivity contribution in [2.24, 2.45) is 0 Å². The van der Waals surface area contributed by atoms with Crippen molar-refractivity contribution in [1.82, 2.24) is 0 Å². The fourth-order valence-corrected chi connectivity index (χ4v) is 3.47. The zero-order valence-electron chi connectivity index (χ0n) is 16.5. The molecule has 0 heterocycles. The van der Waals surface area contributed by atoms with Gasteiger partial charge in [-0.05, 0) is 55.0 Å². The molecule has 0 unspecified atom stereocenters. The van der Waals surface area contributed by atoms with Crippen molar-refractivity contribution in [3.05, 3.63) is 97.4 Å². The lowest BCUT2D eigenvalue weighted by Crippen LogP contribution is -2.13. The Morgan fingerprint density at radius 2 is 1.94 bits per heavy atom. The molecular weight excluding hydrogens is 499 g/mol. The van der Waals surface area contributed by atoms with Crippen molar-refractivity contribution >= 4 is 56.8 Å². The highest BCUT2D eigenvalue weighted by molar-refractivity contribution is 9.10. The number of carbonyl (C=O) groups excluding carboxylic acids is 1. The van der Waals surface area contributed by atoms with Crippen LogP contribution in [-0.4, -0.2) is 5.91 Å². The Morgan fingerprint density at radius 1 is 1.16 bits per heavy atom. The molecule has 7 heteroatoms. The van der Waals surface area contributed by atoms with Gasteiger partial charge < -0.3 is 10.1 Å². The lowest BCUT2D eigenvalue weighted by Gasteiger charge is -2.12. The highest BCUT2D eigenvalue weighted by Crippen LogP contribution is 2.28. The standard InChI is InChI=1S/C24H17BrCl2N2O2/c1-15-6-8-20(12-22(15)27)29-24(30)18(13-28)10-17-11-19(26)7-9-23(17)31-14-16-4-2-3-5-21(16)25/h2-12H,14H2,1H3,(H,29,30)/b18-10+. The second kappa shape index (κ2) is 10.5. The topological polar surface area (TPSA) is 62.1 Å². The molecule has 3 rings (SSSR count). The highest BCUT2D eigenvalue weighted by atomic mass is 79.9. The van der Waals surface area contributed by atoms with E-state index in [0.717, 1.165) is 15.6 Å². The number of rotatable bonds is 6. The molecule has 0 aliphatic rings. The quantitative estimate of drug-likeness (QED) is 0.279. The zero-order valence-corrected chi connectivity index (χ0v) is 19.6. The predicted octanol–water partition coefficient (Wildman–Crippen LogP) is 7.19. The number of aryl methyl sites for hydroxylation is 1. The van der Waals surface area contributed by atoms with Crippen LogP contribution >= 0.6 is 39.1 Å². The summed E-state index contributed by atoms with van der Waals surface area (Å²) in [6.45, 7) is 2.17. The summed E-state index contributed by atoms with van der Waals surface area (Å²) >= 11 is 15.7. The lowest BCUT2D eigenvalue weighted by molar-refractivity contribution is -0.112. The van der Waals surface area contributed by atoms with Crippen LogP contribution in [-0.2, 0) is 11.4 Å². The minimum absolute atomic E-state index is 0.0929. The number of carbonyl (C=O) groups is 1. The smallest absolute Gasteiger partial charge is 0.266 e. The van der Waals surface area contributed by atoms with Crippen LogP contribution in [0, 0.1) is 18.3 Å². The maximum absolute atomic E-state index is 12.6. The van der Waals surface area contributed by atoms with E-state index in [1.807, 2.05) is 37.3 Å². The summed E-state index contributed by atoms with van der Waals surface area (Å²) in [6.07, 6.45) is 1.45. The molecule has 1 N–H and O–H groups in total. The van der Waals surface area contributed by atoms with Gasteiger partial charge in [-0.1, -0.05) is 63.4 Å². The van der Waals surface area contributed by atoms with Gasteiger partial charge >= 0.3 is 0 Å². The van der Waals surface area contributed by atoms with Crippen molar-refractivity contribution in [3.8, 4) is 11.8 Å². The largest absolute Gasteiger partial charge is 0.488 e. The highest BCUT2D eigenvalue weighted by Gasteiger charge is 2.13. The first kappa shape index (κ1) is 22.9. The minimum Gasteiger partial charge on any atom is -0.488 e. The van der Waals surface area contributed by atoms with Crippen molar-refractivity contribution < 1.29 is 9.53 Å². The molecule has 0 bridgehead atoms. The summed E-state index contributed by atoms with van der Waals surface area (Å²) in [5.74, 6) is -0.0572. The monoisotopic (exact) mass is 514 g/mol. The van der Waals surface area contributed by atoms with E-state index in [0.29, 0.717) is 33.7 Å². The number of nitrogens with one attached hydrogen (secondary N) is 1. The molecule has 0 aliphatic carbocycles. The first-order valence-electron chi connectivity index (χ1n) is 9.22. The van der Waals surface area contributed by atoms with Crippen molar-refractivity contribution in [1.29, 1.82) is 5.26 Å². The van der Waals surface area contributed by atoms with Gasteiger partial charge in [-0.2, -0.15) is 5.26 Å². The molecule has 4 nitrogen and oxygen atoms in total. The Morgan fingerprint density at radius 3 is 2.65 bits per heavy atom. The lowest BCUT2D eigenvalue weighted by atomic mass is 10.1. The third kappa shape index (κ3) is 6.11. The van der Waals surface area contributed by atoms with E-state index in [-0.39, 0.29) is 5.57 Å². The Bertz CT molecular complexity index is 1200. The Balaban J connectivity index is 1.84. The molecule has 0 fully saturated rings. The van der Waals surface area contributed by atoms with Gasteiger partial charge in [-0.3, -0.25) is 4.79 Å². The Labute approximate surface area is 199 Å². The van der Waals surface area contributed by atoms with Crippen molar-refractivity contribution in [2.45, 2.75) is 13.5 Å². The van der Waals surface area contributed by atoms with Crippen molar-refractivity contribution in [2.75, 3.05) is 5.32 Å². The summed E-state index contributed by atoms with van der Waals surface area (Å²) < 4.78 is 6.87. The van der Waals surface area contributed by atoms with Gasteiger partial charge in [-0.15, -0.1) is 0 Å². The number of ether oxygens (including phenoxy) is 1. The van der Waals surface area contributed by atoms with Crippen LogP contribution in [0.3, 0.4) is 0 Å². The van der Waals surface area contributed by atoms with Gasteiger partial charge in [0.2, 0.25) is 0 Å². The second-order valence-corrected chi connectivity index (χ2v) is 8.35. The zero-order chi connectivity index (χ0) is 22.4. The molecule has 3 aromatic carbocycles. The Kier molecular flexibility index (Phi) is 7.75. The molecule has 1 amide bonds. The van der Waals surface area contributed by atoms with E-state index in [2.05, 4.69) is 21.2 Å². The number of hydrogen-bond donors (Lipinski definition) is 1. The number of amides is 1. The number of benzene rings is 3. The van der Waals surface area contributed by atoms with E-state index in [1.54, 1.807) is 36.4 Å². The maximum Gasteiger partial charge on any atom is 0.266 e. The number of hydrogen-bond acceptors (Lipinski definition) is 3. The van der Waals surface area contributed by atoms with Gasteiger partial charge in [0.25, 0.3) is 5.91 Å². The van der Waals surface area contributed by atoms with E-state index < -0.39 is 5.91 Å². The Hall–Kier alpha value is -2.78. The molecule has 0 aromatic heterocycles. The molecule has 0 spiro atoms.